The Morgan fingerprint density at radius 3 is 2.67 bits per heavy atom. The highest BCUT2D eigenvalue weighted by Gasteiger charge is 2.45. The molecule has 98 valence electrons. The number of hydrogen-bond donors (Lipinski definition) is 1. The number of nitro groups is 1. The highest BCUT2D eigenvalue weighted by Crippen LogP contribution is 2.51. The molecular formula is C11H15ClN4O2. The van der Waals surface area contributed by atoms with Crippen LogP contribution in [0.15, 0.2) is 0 Å². The second kappa shape index (κ2) is 4.35. The molecule has 0 saturated heterocycles. The van der Waals surface area contributed by atoms with Crippen molar-refractivity contribution in [3.8, 4) is 0 Å². The standard InChI is InChI=1S/C11H15ClN4O2/c1-6-8(16(17)18)9(15-10(12)14-6)13-5-7-4-11(7,2)3/h7H,4-5H2,1-3H3,(H,13,14,15). The molecule has 18 heavy (non-hydrogen) atoms. The Hall–Kier alpha value is -1.43. The Bertz CT molecular complexity index is 504. The Morgan fingerprint density at radius 2 is 2.17 bits per heavy atom. The average molecular weight is 271 g/mol. The zero-order valence-electron chi connectivity index (χ0n) is 10.5. The van der Waals surface area contributed by atoms with Gasteiger partial charge in [0.05, 0.1) is 4.92 Å². The lowest BCUT2D eigenvalue weighted by Gasteiger charge is -2.08. The van der Waals surface area contributed by atoms with Crippen LogP contribution in [0.3, 0.4) is 0 Å². The summed E-state index contributed by atoms with van der Waals surface area (Å²) in [6.45, 7) is 6.57. The zero-order chi connectivity index (χ0) is 13.5. The number of rotatable bonds is 4. The minimum atomic E-state index is -0.480. The van der Waals surface area contributed by atoms with E-state index in [0.717, 1.165) is 6.42 Å². The van der Waals surface area contributed by atoms with Crippen molar-refractivity contribution >= 4 is 23.1 Å². The minimum Gasteiger partial charge on any atom is -0.364 e. The number of nitrogens with one attached hydrogen (secondary N) is 1. The van der Waals surface area contributed by atoms with Crippen LogP contribution in [0.4, 0.5) is 11.5 Å². The van der Waals surface area contributed by atoms with Crippen molar-refractivity contribution in [1.82, 2.24) is 9.97 Å². The fourth-order valence-corrected chi connectivity index (χ4v) is 2.23. The number of nitrogens with zero attached hydrogens (tertiary/aromatic N) is 3. The van der Waals surface area contributed by atoms with Gasteiger partial charge in [-0.3, -0.25) is 10.1 Å². The molecule has 0 aromatic carbocycles. The first kappa shape index (κ1) is 13.0. The Kier molecular flexibility index (Phi) is 3.14. The second-order valence-corrected chi connectivity index (χ2v) is 5.64. The summed E-state index contributed by atoms with van der Waals surface area (Å²) in [7, 11) is 0. The molecule has 6 nitrogen and oxygen atoms in total. The van der Waals surface area contributed by atoms with Crippen LogP contribution < -0.4 is 5.32 Å². The van der Waals surface area contributed by atoms with Gasteiger partial charge in [0.15, 0.2) is 0 Å². The molecule has 1 aromatic rings. The van der Waals surface area contributed by atoms with Crippen molar-refractivity contribution in [2.75, 3.05) is 11.9 Å². The lowest BCUT2D eigenvalue weighted by atomic mass is 10.1. The summed E-state index contributed by atoms with van der Waals surface area (Å²) in [4.78, 5) is 18.2. The van der Waals surface area contributed by atoms with E-state index in [-0.39, 0.29) is 22.5 Å². The first-order chi connectivity index (χ1) is 8.31. The Morgan fingerprint density at radius 1 is 1.56 bits per heavy atom. The van der Waals surface area contributed by atoms with Crippen LogP contribution in [0, 0.1) is 28.4 Å². The van der Waals surface area contributed by atoms with Gasteiger partial charge in [-0.15, -0.1) is 0 Å². The molecule has 0 bridgehead atoms. The molecule has 7 heteroatoms. The SMILES string of the molecule is Cc1nc(Cl)nc(NCC2CC2(C)C)c1[N+](=O)[O-]. The molecule has 1 aromatic heterocycles. The predicted octanol–water partition coefficient (Wildman–Crippen LogP) is 2.80. The first-order valence-electron chi connectivity index (χ1n) is 5.73. The van der Waals surface area contributed by atoms with Crippen LogP contribution in [0.2, 0.25) is 5.28 Å². The van der Waals surface area contributed by atoms with Crippen molar-refractivity contribution in [3.05, 3.63) is 21.1 Å². The number of anilines is 1. The molecule has 0 radical (unpaired) electrons. The molecule has 1 fully saturated rings. The molecule has 0 spiro atoms. The van der Waals surface area contributed by atoms with E-state index >= 15 is 0 Å². The van der Waals surface area contributed by atoms with E-state index in [9.17, 15) is 10.1 Å². The topological polar surface area (TPSA) is 81.0 Å². The number of aromatic nitrogens is 2. The maximum Gasteiger partial charge on any atom is 0.332 e. The van der Waals surface area contributed by atoms with Crippen LogP contribution >= 0.6 is 11.6 Å². The van der Waals surface area contributed by atoms with Gasteiger partial charge in [0.25, 0.3) is 0 Å². The summed E-state index contributed by atoms with van der Waals surface area (Å²) in [6, 6.07) is 0. The zero-order valence-corrected chi connectivity index (χ0v) is 11.3. The summed E-state index contributed by atoms with van der Waals surface area (Å²) in [5, 5.41) is 14.0. The van der Waals surface area contributed by atoms with E-state index in [4.69, 9.17) is 11.6 Å². The summed E-state index contributed by atoms with van der Waals surface area (Å²) < 4.78 is 0. The highest BCUT2D eigenvalue weighted by atomic mass is 35.5. The fourth-order valence-electron chi connectivity index (χ4n) is 2.02. The minimum absolute atomic E-state index is 0.0238. The molecule has 1 aliphatic rings. The van der Waals surface area contributed by atoms with E-state index in [1.165, 1.54) is 0 Å². The summed E-state index contributed by atoms with van der Waals surface area (Å²) in [5.74, 6) is 0.728. The van der Waals surface area contributed by atoms with Crippen LogP contribution in [0.5, 0.6) is 0 Å². The lowest BCUT2D eigenvalue weighted by molar-refractivity contribution is -0.385. The molecular weight excluding hydrogens is 256 g/mol. The third-order valence-corrected chi connectivity index (χ3v) is 3.62. The number of aryl methyl sites for hydroxylation is 1. The number of halogens is 1. The van der Waals surface area contributed by atoms with Gasteiger partial charge >= 0.3 is 5.69 Å². The summed E-state index contributed by atoms with van der Waals surface area (Å²) in [6.07, 6.45) is 1.12. The van der Waals surface area contributed by atoms with E-state index in [2.05, 4.69) is 29.1 Å². The van der Waals surface area contributed by atoms with Gasteiger partial charge in [-0.1, -0.05) is 13.8 Å². The van der Waals surface area contributed by atoms with Crippen LogP contribution in [0.1, 0.15) is 26.0 Å². The van der Waals surface area contributed by atoms with Gasteiger partial charge in [0.2, 0.25) is 11.1 Å². The van der Waals surface area contributed by atoms with Gasteiger partial charge in [-0.25, -0.2) is 4.98 Å². The van der Waals surface area contributed by atoms with E-state index in [0.29, 0.717) is 17.9 Å². The fraction of sp³-hybridized carbons (Fsp3) is 0.636. The van der Waals surface area contributed by atoms with Crippen LogP contribution in [-0.4, -0.2) is 21.4 Å². The Labute approximate surface area is 110 Å². The third kappa shape index (κ3) is 2.53. The molecule has 1 unspecified atom stereocenters. The molecule has 1 heterocycles. The van der Waals surface area contributed by atoms with Crippen molar-refractivity contribution in [2.45, 2.75) is 27.2 Å². The average Bonchev–Trinajstić information content (AvgIpc) is 2.81. The normalized spacial score (nSPS) is 20.6. The maximum atomic E-state index is 11.0. The van der Waals surface area contributed by atoms with Crippen molar-refractivity contribution < 1.29 is 4.92 Å². The first-order valence-corrected chi connectivity index (χ1v) is 6.11. The van der Waals surface area contributed by atoms with E-state index < -0.39 is 4.92 Å². The highest BCUT2D eigenvalue weighted by molar-refractivity contribution is 6.28. The molecule has 0 aliphatic heterocycles. The van der Waals surface area contributed by atoms with Gasteiger partial charge < -0.3 is 5.32 Å². The van der Waals surface area contributed by atoms with Crippen LogP contribution in [0.25, 0.3) is 0 Å². The largest absolute Gasteiger partial charge is 0.364 e. The molecule has 1 atom stereocenters. The smallest absolute Gasteiger partial charge is 0.332 e. The summed E-state index contributed by atoms with van der Waals surface area (Å²) >= 11 is 5.73. The molecule has 1 saturated carbocycles. The lowest BCUT2D eigenvalue weighted by Crippen LogP contribution is -2.11. The van der Waals surface area contributed by atoms with Crippen molar-refractivity contribution in [2.24, 2.45) is 11.3 Å². The summed E-state index contributed by atoms with van der Waals surface area (Å²) in [5.41, 5.74) is 0.489. The maximum absolute atomic E-state index is 11.0. The van der Waals surface area contributed by atoms with Crippen LogP contribution in [-0.2, 0) is 0 Å². The van der Waals surface area contributed by atoms with Gasteiger partial charge in [-0.05, 0) is 36.3 Å². The van der Waals surface area contributed by atoms with E-state index in [1.54, 1.807) is 6.92 Å². The van der Waals surface area contributed by atoms with Gasteiger partial charge in [-0.2, -0.15) is 4.98 Å². The number of hydrogen-bond acceptors (Lipinski definition) is 5. The predicted molar refractivity (Wildman–Crippen MR) is 68.8 cm³/mol. The molecule has 1 N–H and O–H groups in total. The van der Waals surface area contributed by atoms with Gasteiger partial charge in [0, 0.05) is 6.54 Å². The molecule has 1 aliphatic carbocycles. The molecule has 0 amide bonds. The Balaban J connectivity index is 2.18. The van der Waals surface area contributed by atoms with E-state index in [1.807, 2.05) is 0 Å². The second-order valence-electron chi connectivity index (χ2n) is 5.30. The monoisotopic (exact) mass is 270 g/mol. The quantitative estimate of drug-likeness (QED) is 0.517. The van der Waals surface area contributed by atoms with Crippen molar-refractivity contribution in [3.63, 3.8) is 0 Å². The molecule has 2 rings (SSSR count). The van der Waals surface area contributed by atoms with Crippen molar-refractivity contribution in [1.29, 1.82) is 0 Å². The third-order valence-electron chi connectivity index (χ3n) is 3.45. The van der Waals surface area contributed by atoms with Gasteiger partial charge in [0.1, 0.15) is 5.69 Å².